The Labute approximate surface area is 154 Å². The van der Waals surface area contributed by atoms with E-state index >= 15 is 0 Å². The average molecular weight is 354 g/mol. The Bertz CT molecular complexity index is 377. The van der Waals surface area contributed by atoms with Crippen LogP contribution in [0.2, 0.25) is 0 Å². The molecule has 146 valence electrons. The summed E-state index contributed by atoms with van der Waals surface area (Å²) in [5, 5.41) is 6.20. The Balaban J connectivity index is 2.08. The fraction of sp³-hybridized carbons (Fsp3) is 0.900. The zero-order valence-corrected chi connectivity index (χ0v) is 16.6. The van der Waals surface area contributed by atoms with E-state index in [4.69, 9.17) is 0 Å². The largest absolute Gasteiger partial charge is 0.352 e. The molecule has 2 N–H and O–H groups in total. The van der Waals surface area contributed by atoms with Crippen molar-refractivity contribution in [3.63, 3.8) is 0 Å². The van der Waals surface area contributed by atoms with Crippen LogP contribution in [0.1, 0.15) is 85.0 Å². The molecule has 0 bridgehead atoms. The molecule has 0 unspecified atom stereocenters. The molecular weight excluding hydrogens is 314 g/mol. The molecule has 0 aromatic heterocycles. The highest BCUT2D eigenvalue weighted by Gasteiger charge is 2.23. The van der Waals surface area contributed by atoms with Gasteiger partial charge >= 0.3 is 0 Å². The number of carbonyl (C=O) groups is 2. The zero-order chi connectivity index (χ0) is 18.5. The summed E-state index contributed by atoms with van der Waals surface area (Å²) in [6.07, 6.45) is 11.1. The number of hydrogen-bond donors (Lipinski definition) is 2. The molecule has 1 rings (SSSR count). The zero-order valence-electron chi connectivity index (χ0n) is 16.6. The molecule has 25 heavy (non-hydrogen) atoms. The molecule has 1 fully saturated rings. The molecule has 0 radical (unpaired) electrons. The summed E-state index contributed by atoms with van der Waals surface area (Å²) in [5.74, 6) is 0.348. The summed E-state index contributed by atoms with van der Waals surface area (Å²) < 4.78 is 0. The second-order valence-corrected chi connectivity index (χ2v) is 7.63. The lowest BCUT2D eigenvalue weighted by Gasteiger charge is -2.32. The molecular formula is C20H39N3O2. The van der Waals surface area contributed by atoms with E-state index in [2.05, 4.69) is 17.6 Å². The van der Waals surface area contributed by atoms with Crippen molar-refractivity contribution >= 4 is 11.8 Å². The second-order valence-electron chi connectivity index (χ2n) is 7.63. The van der Waals surface area contributed by atoms with E-state index in [1.54, 1.807) is 0 Å². The van der Waals surface area contributed by atoms with Crippen LogP contribution in [0.3, 0.4) is 0 Å². The van der Waals surface area contributed by atoms with Crippen molar-refractivity contribution in [3.05, 3.63) is 0 Å². The minimum Gasteiger partial charge on any atom is -0.352 e. The summed E-state index contributed by atoms with van der Waals surface area (Å²) in [6, 6.07) is 0.529. The molecule has 1 aliphatic rings. The highest BCUT2D eigenvalue weighted by molar-refractivity contribution is 5.78. The Hall–Kier alpha value is -1.10. The van der Waals surface area contributed by atoms with Crippen LogP contribution in [0.4, 0.5) is 0 Å². The van der Waals surface area contributed by atoms with Gasteiger partial charge in [-0.1, -0.05) is 59.3 Å². The number of amides is 2. The lowest BCUT2D eigenvalue weighted by molar-refractivity contribution is -0.132. The van der Waals surface area contributed by atoms with Gasteiger partial charge in [-0.3, -0.25) is 9.59 Å². The van der Waals surface area contributed by atoms with Crippen molar-refractivity contribution in [2.24, 2.45) is 0 Å². The summed E-state index contributed by atoms with van der Waals surface area (Å²) in [4.78, 5) is 26.1. The van der Waals surface area contributed by atoms with E-state index in [0.29, 0.717) is 24.9 Å². The third kappa shape index (κ3) is 10.5. The highest BCUT2D eigenvalue weighted by atomic mass is 16.2. The van der Waals surface area contributed by atoms with E-state index in [1.807, 2.05) is 18.7 Å². The van der Waals surface area contributed by atoms with Crippen LogP contribution in [0.15, 0.2) is 0 Å². The van der Waals surface area contributed by atoms with E-state index in [-0.39, 0.29) is 11.9 Å². The number of likely N-dealkylation sites (tertiary alicyclic amines) is 1. The molecule has 0 aromatic rings. The van der Waals surface area contributed by atoms with Crippen LogP contribution in [0.5, 0.6) is 0 Å². The predicted molar refractivity (Wildman–Crippen MR) is 103 cm³/mol. The maximum Gasteiger partial charge on any atom is 0.234 e. The molecule has 0 saturated carbocycles. The van der Waals surface area contributed by atoms with Crippen molar-refractivity contribution in [1.82, 2.24) is 15.5 Å². The van der Waals surface area contributed by atoms with Gasteiger partial charge in [-0.05, 0) is 19.3 Å². The molecule has 0 aliphatic carbocycles. The fourth-order valence-electron chi connectivity index (χ4n) is 3.24. The van der Waals surface area contributed by atoms with Crippen LogP contribution in [-0.4, -0.2) is 48.4 Å². The molecule has 1 heterocycles. The van der Waals surface area contributed by atoms with Gasteiger partial charge in [0, 0.05) is 31.6 Å². The first-order chi connectivity index (χ1) is 12.0. The van der Waals surface area contributed by atoms with Crippen LogP contribution in [0, 0.1) is 0 Å². The number of nitrogens with zero attached hydrogens (tertiary/aromatic N) is 1. The number of rotatable bonds is 12. The number of nitrogens with one attached hydrogen (secondary N) is 2. The lowest BCUT2D eigenvalue weighted by atomic mass is 10.0. The monoisotopic (exact) mass is 353 g/mol. The summed E-state index contributed by atoms with van der Waals surface area (Å²) >= 11 is 0. The molecule has 2 amide bonds. The minimum absolute atomic E-state index is 0.0570. The van der Waals surface area contributed by atoms with E-state index < -0.39 is 0 Å². The number of hydrogen-bond acceptors (Lipinski definition) is 3. The first-order valence-electron chi connectivity index (χ1n) is 10.3. The van der Waals surface area contributed by atoms with Crippen LogP contribution in [0.25, 0.3) is 0 Å². The van der Waals surface area contributed by atoms with Crippen molar-refractivity contribution < 1.29 is 9.59 Å². The normalized spacial score (nSPS) is 15.6. The highest BCUT2D eigenvalue weighted by Crippen LogP contribution is 2.14. The second kappa shape index (κ2) is 13.2. The summed E-state index contributed by atoms with van der Waals surface area (Å²) in [7, 11) is 0. The Morgan fingerprint density at radius 3 is 2.20 bits per heavy atom. The molecule has 0 atom stereocenters. The summed E-state index contributed by atoms with van der Waals surface area (Å²) in [6.45, 7) is 8.21. The van der Waals surface area contributed by atoms with Gasteiger partial charge in [-0.2, -0.15) is 0 Å². The van der Waals surface area contributed by atoms with Crippen molar-refractivity contribution in [2.75, 3.05) is 19.6 Å². The van der Waals surface area contributed by atoms with E-state index in [9.17, 15) is 9.59 Å². The van der Waals surface area contributed by atoms with Crippen molar-refractivity contribution in [1.29, 1.82) is 0 Å². The smallest absolute Gasteiger partial charge is 0.234 e. The van der Waals surface area contributed by atoms with Gasteiger partial charge in [0.15, 0.2) is 0 Å². The lowest BCUT2D eigenvalue weighted by Crippen LogP contribution is -2.48. The van der Waals surface area contributed by atoms with Gasteiger partial charge < -0.3 is 15.5 Å². The maximum absolute atomic E-state index is 12.3. The van der Waals surface area contributed by atoms with Crippen molar-refractivity contribution in [2.45, 2.75) is 97.1 Å². The van der Waals surface area contributed by atoms with E-state index in [0.717, 1.165) is 32.4 Å². The molecule has 5 heteroatoms. The maximum atomic E-state index is 12.3. The standard InChI is InChI=1S/C20H39N3O2/c1-4-5-6-7-8-9-10-11-20(25)23-14-12-18(13-15-23)22-19(24)16-21-17(2)3/h17-18,21H,4-16H2,1-3H3,(H,22,24). The van der Waals surface area contributed by atoms with Crippen LogP contribution >= 0.6 is 0 Å². The van der Waals surface area contributed by atoms with Crippen LogP contribution in [-0.2, 0) is 9.59 Å². The van der Waals surface area contributed by atoms with Gasteiger partial charge in [0.1, 0.15) is 0 Å². The average Bonchev–Trinajstić information content (AvgIpc) is 2.59. The molecule has 0 aromatic carbocycles. The Kier molecular flexibility index (Phi) is 11.5. The van der Waals surface area contributed by atoms with Gasteiger partial charge in [0.2, 0.25) is 11.8 Å². The van der Waals surface area contributed by atoms with Crippen LogP contribution < -0.4 is 10.6 Å². The van der Waals surface area contributed by atoms with Gasteiger partial charge in [0.05, 0.1) is 6.54 Å². The number of piperidine rings is 1. The molecule has 1 saturated heterocycles. The fourth-order valence-corrected chi connectivity index (χ4v) is 3.24. The van der Waals surface area contributed by atoms with Gasteiger partial charge in [-0.15, -0.1) is 0 Å². The third-order valence-corrected chi connectivity index (χ3v) is 4.88. The quantitative estimate of drug-likeness (QED) is 0.530. The molecule has 1 aliphatic heterocycles. The Morgan fingerprint density at radius 2 is 1.60 bits per heavy atom. The third-order valence-electron chi connectivity index (χ3n) is 4.88. The van der Waals surface area contributed by atoms with Gasteiger partial charge in [-0.25, -0.2) is 0 Å². The Morgan fingerprint density at radius 1 is 1.00 bits per heavy atom. The van der Waals surface area contributed by atoms with Crippen molar-refractivity contribution in [3.8, 4) is 0 Å². The minimum atomic E-state index is 0.0570. The molecule has 0 spiro atoms. The van der Waals surface area contributed by atoms with E-state index in [1.165, 1.54) is 38.5 Å². The molecule has 5 nitrogen and oxygen atoms in total. The first kappa shape index (κ1) is 21.9. The number of carbonyl (C=O) groups excluding carboxylic acids is 2. The summed E-state index contributed by atoms with van der Waals surface area (Å²) in [5.41, 5.74) is 0. The first-order valence-corrected chi connectivity index (χ1v) is 10.3. The predicted octanol–water partition coefficient (Wildman–Crippen LogP) is 3.23. The number of unbranched alkanes of at least 4 members (excludes halogenated alkanes) is 6. The SMILES string of the molecule is CCCCCCCCCC(=O)N1CCC(NC(=O)CNC(C)C)CC1. The van der Waals surface area contributed by atoms with Gasteiger partial charge in [0.25, 0.3) is 0 Å². The topological polar surface area (TPSA) is 61.4 Å².